The van der Waals surface area contributed by atoms with Gasteiger partial charge in [0.05, 0.1) is 23.2 Å². The lowest BCUT2D eigenvalue weighted by Crippen LogP contribution is -2.37. The molecule has 5 nitrogen and oxygen atoms in total. The number of rotatable bonds is 4. The lowest BCUT2D eigenvalue weighted by Gasteiger charge is -2.26. The summed E-state index contributed by atoms with van der Waals surface area (Å²) in [6.07, 6.45) is -5.71. The summed E-state index contributed by atoms with van der Waals surface area (Å²) < 4.78 is 45.5. The highest BCUT2D eigenvalue weighted by Gasteiger charge is 2.49. The third-order valence-corrected chi connectivity index (χ3v) is 5.29. The van der Waals surface area contributed by atoms with Crippen molar-refractivity contribution in [3.63, 3.8) is 0 Å². The maximum atomic E-state index is 13.2. The fraction of sp³-hybridized carbons (Fsp3) is 0.364. The van der Waals surface area contributed by atoms with Crippen LogP contribution in [0.15, 0.2) is 42.5 Å². The molecule has 158 valence electrons. The summed E-state index contributed by atoms with van der Waals surface area (Å²) in [6.45, 7) is 5.75. The number of phenolic OH excluding ortho intramolecular Hbond substituents is 1. The third-order valence-electron chi connectivity index (χ3n) is 5.29. The van der Waals surface area contributed by atoms with Crippen LogP contribution in [0.25, 0.3) is 0 Å². The third kappa shape index (κ3) is 4.06. The lowest BCUT2D eigenvalue weighted by molar-refractivity contribution is -0.138. The minimum Gasteiger partial charge on any atom is -0.508 e. The minimum absolute atomic E-state index is 0.0790. The second kappa shape index (κ2) is 7.56. The Morgan fingerprint density at radius 3 is 2.57 bits per heavy atom. The van der Waals surface area contributed by atoms with Crippen molar-refractivity contribution in [1.82, 2.24) is 4.90 Å². The summed E-state index contributed by atoms with van der Waals surface area (Å²) in [6, 6.07) is 10.8. The van der Waals surface area contributed by atoms with E-state index in [4.69, 9.17) is 10.00 Å². The summed E-state index contributed by atoms with van der Waals surface area (Å²) >= 11 is 0. The number of hydrogen-bond acceptors (Lipinski definition) is 4. The summed E-state index contributed by atoms with van der Waals surface area (Å²) in [5, 5.41) is 18.6. The Kier molecular flexibility index (Phi) is 5.42. The number of amides is 1. The van der Waals surface area contributed by atoms with Crippen LogP contribution in [0.2, 0.25) is 0 Å². The van der Waals surface area contributed by atoms with Gasteiger partial charge >= 0.3 is 6.18 Å². The standard InChI is InChI=1S/C22H21F3N2O3/c1-13(14-5-4-6-16(28)9-14)27-12-21(2,3)19(20(27)29)30-17-8-7-15(11-26)18(10-17)22(23,24)25/h4-10,13,19,28H,12H2,1-3H3/t13-,19-/m1/s1. The number of phenols is 1. The van der Waals surface area contributed by atoms with Crippen LogP contribution in [-0.2, 0) is 11.0 Å². The van der Waals surface area contributed by atoms with Crippen molar-refractivity contribution in [2.45, 2.75) is 39.1 Å². The van der Waals surface area contributed by atoms with Crippen molar-refractivity contribution in [2.75, 3.05) is 6.54 Å². The van der Waals surface area contributed by atoms with Gasteiger partial charge in [-0.2, -0.15) is 18.4 Å². The monoisotopic (exact) mass is 418 g/mol. The fourth-order valence-electron chi connectivity index (χ4n) is 3.65. The number of nitriles is 1. The van der Waals surface area contributed by atoms with Gasteiger partial charge in [0.15, 0.2) is 6.10 Å². The highest BCUT2D eigenvalue weighted by atomic mass is 19.4. The Labute approximate surface area is 172 Å². The second-order valence-corrected chi connectivity index (χ2v) is 8.04. The van der Waals surface area contributed by atoms with Gasteiger partial charge in [-0.25, -0.2) is 0 Å². The first-order valence-corrected chi connectivity index (χ1v) is 9.31. The molecule has 0 saturated carbocycles. The molecule has 1 fully saturated rings. The van der Waals surface area contributed by atoms with Crippen LogP contribution in [0.1, 0.15) is 43.5 Å². The van der Waals surface area contributed by atoms with Gasteiger partial charge in [-0.3, -0.25) is 4.79 Å². The molecule has 1 saturated heterocycles. The van der Waals surface area contributed by atoms with Crippen LogP contribution in [-0.4, -0.2) is 28.6 Å². The van der Waals surface area contributed by atoms with Crippen molar-refractivity contribution < 1.29 is 27.8 Å². The van der Waals surface area contributed by atoms with Crippen LogP contribution in [0, 0.1) is 16.7 Å². The van der Waals surface area contributed by atoms with Gasteiger partial charge in [-0.15, -0.1) is 0 Å². The van der Waals surface area contributed by atoms with Gasteiger partial charge in [-0.1, -0.05) is 26.0 Å². The van der Waals surface area contributed by atoms with Crippen LogP contribution in [0.3, 0.4) is 0 Å². The highest BCUT2D eigenvalue weighted by molar-refractivity contribution is 5.85. The maximum absolute atomic E-state index is 13.2. The average molecular weight is 418 g/mol. The zero-order valence-corrected chi connectivity index (χ0v) is 16.7. The lowest BCUT2D eigenvalue weighted by atomic mass is 9.89. The first kappa shape index (κ1) is 21.5. The summed E-state index contributed by atoms with van der Waals surface area (Å²) in [5.74, 6) is -0.399. The fourth-order valence-corrected chi connectivity index (χ4v) is 3.65. The molecule has 2 aromatic carbocycles. The SMILES string of the molecule is C[C@H](c1cccc(O)c1)N1CC(C)(C)[C@H](Oc2ccc(C#N)c(C(F)(F)F)c2)C1=O. The van der Waals surface area contributed by atoms with E-state index in [0.29, 0.717) is 6.54 Å². The van der Waals surface area contributed by atoms with Crippen molar-refractivity contribution in [2.24, 2.45) is 5.41 Å². The summed E-state index contributed by atoms with van der Waals surface area (Å²) in [7, 11) is 0. The molecule has 1 aliphatic heterocycles. The van der Waals surface area contributed by atoms with Gasteiger partial charge in [0.2, 0.25) is 0 Å². The van der Waals surface area contributed by atoms with Crippen molar-refractivity contribution in [1.29, 1.82) is 5.26 Å². The molecule has 0 aromatic heterocycles. The number of benzene rings is 2. The van der Waals surface area contributed by atoms with E-state index >= 15 is 0 Å². The average Bonchev–Trinajstić information content (AvgIpc) is 2.90. The zero-order chi connectivity index (χ0) is 22.3. The predicted molar refractivity (Wildman–Crippen MR) is 103 cm³/mol. The molecule has 2 aromatic rings. The van der Waals surface area contributed by atoms with E-state index in [1.807, 2.05) is 6.92 Å². The molecule has 1 N–H and O–H groups in total. The molecule has 30 heavy (non-hydrogen) atoms. The molecular formula is C22H21F3N2O3. The Hall–Kier alpha value is -3.21. The van der Waals surface area contributed by atoms with Crippen LogP contribution < -0.4 is 4.74 Å². The number of nitrogens with zero attached hydrogens (tertiary/aromatic N) is 2. The molecule has 1 amide bonds. The van der Waals surface area contributed by atoms with Crippen LogP contribution in [0.5, 0.6) is 11.5 Å². The Morgan fingerprint density at radius 2 is 1.97 bits per heavy atom. The van der Waals surface area contributed by atoms with Crippen molar-refractivity contribution in [3.05, 3.63) is 59.2 Å². The van der Waals surface area contributed by atoms with E-state index in [1.165, 1.54) is 18.2 Å². The molecule has 8 heteroatoms. The molecule has 2 atom stereocenters. The number of carbonyl (C=O) groups is 1. The molecule has 3 rings (SSSR count). The van der Waals surface area contributed by atoms with Crippen LogP contribution >= 0.6 is 0 Å². The first-order chi connectivity index (χ1) is 13.9. The topological polar surface area (TPSA) is 73.6 Å². The normalized spacial score (nSPS) is 19.4. The summed E-state index contributed by atoms with van der Waals surface area (Å²) in [5.41, 5.74) is -1.55. The molecule has 0 spiro atoms. The van der Waals surface area contributed by atoms with E-state index < -0.39 is 28.8 Å². The zero-order valence-electron chi connectivity index (χ0n) is 16.7. The van der Waals surface area contributed by atoms with E-state index in [2.05, 4.69) is 0 Å². The Bertz CT molecular complexity index is 1010. The minimum atomic E-state index is -4.71. The smallest absolute Gasteiger partial charge is 0.417 e. The molecule has 0 bridgehead atoms. The quantitative estimate of drug-likeness (QED) is 0.784. The molecule has 1 heterocycles. The Balaban J connectivity index is 1.88. The second-order valence-electron chi connectivity index (χ2n) is 8.04. The van der Waals surface area contributed by atoms with E-state index in [1.54, 1.807) is 36.9 Å². The molecular weight excluding hydrogens is 397 g/mol. The van der Waals surface area contributed by atoms with E-state index in [-0.39, 0.29) is 23.4 Å². The largest absolute Gasteiger partial charge is 0.508 e. The van der Waals surface area contributed by atoms with E-state index in [9.17, 15) is 23.1 Å². The molecule has 0 unspecified atom stereocenters. The van der Waals surface area contributed by atoms with Crippen molar-refractivity contribution in [3.8, 4) is 17.6 Å². The highest BCUT2D eigenvalue weighted by Crippen LogP contribution is 2.40. The maximum Gasteiger partial charge on any atom is 0.417 e. The van der Waals surface area contributed by atoms with Gasteiger partial charge in [-0.05, 0) is 42.8 Å². The Morgan fingerprint density at radius 1 is 1.27 bits per heavy atom. The number of alkyl halides is 3. The number of halogens is 3. The number of likely N-dealkylation sites (tertiary alicyclic amines) is 1. The number of carbonyl (C=O) groups excluding carboxylic acids is 1. The van der Waals surface area contributed by atoms with E-state index in [0.717, 1.165) is 17.7 Å². The van der Waals surface area contributed by atoms with Gasteiger partial charge in [0.25, 0.3) is 5.91 Å². The van der Waals surface area contributed by atoms with Crippen molar-refractivity contribution >= 4 is 5.91 Å². The summed E-state index contributed by atoms with van der Waals surface area (Å²) in [4.78, 5) is 14.7. The van der Waals surface area contributed by atoms with Gasteiger partial charge < -0.3 is 14.7 Å². The first-order valence-electron chi connectivity index (χ1n) is 9.31. The van der Waals surface area contributed by atoms with Gasteiger partial charge in [0.1, 0.15) is 11.5 Å². The molecule has 1 aliphatic rings. The molecule has 0 aliphatic carbocycles. The predicted octanol–water partition coefficient (Wildman–Crippen LogP) is 4.66. The number of ether oxygens (including phenoxy) is 1. The number of hydrogen-bond donors (Lipinski definition) is 1. The number of aromatic hydroxyl groups is 1. The molecule has 0 radical (unpaired) electrons. The van der Waals surface area contributed by atoms with Gasteiger partial charge in [0, 0.05) is 12.0 Å². The van der Waals surface area contributed by atoms with Crippen LogP contribution in [0.4, 0.5) is 13.2 Å².